The zero-order valence-corrected chi connectivity index (χ0v) is 14.0. The van der Waals surface area contributed by atoms with Crippen molar-refractivity contribution in [3.8, 4) is 17.5 Å². The van der Waals surface area contributed by atoms with Gasteiger partial charge < -0.3 is 9.73 Å². The van der Waals surface area contributed by atoms with E-state index in [1.807, 2.05) is 6.92 Å². The second-order valence-electron chi connectivity index (χ2n) is 4.96. The van der Waals surface area contributed by atoms with E-state index in [0.29, 0.717) is 6.54 Å². The second-order valence-corrected chi connectivity index (χ2v) is 5.92. The van der Waals surface area contributed by atoms with Gasteiger partial charge in [0.1, 0.15) is 16.8 Å². The number of amides is 1. The molecule has 0 fully saturated rings. The third-order valence-corrected chi connectivity index (χ3v) is 4.06. The van der Waals surface area contributed by atoms with E-state index in [9.17, 15) is 18.0 Å². The standard InChI is InChI=1S/C16H14F3N3O2S/c1-2-5-21-14(23)9-25-15-10(8-20)11(16(17,18)19)7-12(22-15)13-4-3-6-24-13/h3-4,6-7H,2,5,9H2,1H3,(H,21,23). The van der Waals surface area contributed by atoms with Crippen LogP contribution in [0.3, 0.4) is 0 Å². The number of hydrogen-bond donors (Lipinski definition) is 1. The normalized spacial score (nSPS) is 11.2. The largest absolute Gasteiger partial charge is 0.463 e. The van der Waals surface area contributed by atoms with E-state index in [2.05, 4.69) is 10.3 Å². The lowest BCUT2D eigenvalue weighted by Gasteiger charge is -2.13. The molecule has 2 aromatic rings. The van der Waals surface area contributed by atoms with Crippen molar-refractivity contribution < 1.29 is 22.4 Å². The Morgan fingerprint density at radius 1 is 1.48 bits per heavy atom. The van der Waals surface area contributed by atoms with E-state index in [0.717, 1.165) is 24.2 Å². The lowest BCUT2D eigenvalue weighted by Crippen LogP contribution is -2.25. The van der Waals surface area contributed by atoms with Gasteiger partial charge in [-0.15, -0.1) is 0 Å². The first kappa shape index (κ1) is 18.9. The van der Waals surface area contributed by atoms with Crippen molar-refractivity contribution in [2.45, 2.75) is 24.5 Å². The van der Waals surface area contributed by atoms with E-state index in [4.69, 9.17) is 9.68 Å². The number of nitrogens with zero attached hydrogens (tertiary/aromatic N) is 2. The predicted octanol–water partition coefficient (Wildman–Crippen LogP) is 3.85. The van der Waals surface area contributed by atoms with Gasteiger partial charge in [-0.3, -0.25) is 4.79 Å². The summed E-state index contributed by atoms with van der Waals surface area (Å²) in [4.78, 5) is 15.8. The molecule has 0 bridgehead atoms. The zero-order chi connectivity index (χ0) is 18.4. The van der Waals surface area contributed by atoms with Crippen molar-refractivity contribution in [3.63, 3.8) is 0 Å². The number of furan rings is 1. The van der Waals surface area contributed by atoms with Gasteiger partial charge in [0.05, 0.1) is 23.1 Å². The van der Waals surface area contributed by atoms with Crippen molar-refractivity contribution in [3.05, 3.63) is 35.6 Å². The van der Waals surface area contributed by atoms with E-state index < -0.39 is 17.3 Å². The first-order chi connectivity index (χ1) is 11.9. The van der Waals surface area contributed by atoms with Crippen LogP contribution in [0.2, 0.25) is 0 Å². The summed E-state index contributed by atoms with van der Waals surface area (Å²) in [6.07, 6.45) is -2.67. The molecule has 0 aliphatic rings. The molecule has 1 N–H and O–H groups in total. The molecule has 0 atom stereocenters. The lowest BCUT2D eigenvalue weighted by atomic mass is 10.1. The Hall–Kier alpha value is -2.47. The molecular weight excluding hydrogens is 355 g/mol. The molecule has 0 aromatic carbocycles. The topological polar surface area (TPSA) is 78.9 Å². The smallest absolute Gasteiger partial charge is 0.417 e. The number of carbonyl (C=O) groups is 1. The molecular formula is C16H14F3N3O2S. The first-order valence-electron chi connectivity index (χ1n) is 7.32. The fourth-order valence-corrected chi connectivity index (χ4v) is 2.79. The number of pyridine rings is 1. The Morgan fingerprint density at radius 3 is 2.80 bits per heavy atom. The van der Waals surface area contributed by atoms with E-state index in [-0.39, 0.29) is 28.1 Å². The van der Waals surface area contributed by atoms with Crippen LogP contribution < -0.4 is 5.32 Å². The first-order valence-corrected chi connectivity index (χ1v) is 8.31. The molecule has 0 aliphatic heterocycles. The van der Waals surface area contributed by atoms with Crippen molar-refractivity contribution in [2.75, 3.05) is 12.3 Å². The summed E-state index contributed by atoms with van der Waals surface area (Å²) in [5.74, 6) is -0.331. The number of alkyl halides is 3. The Bertz CT molecular complexity index is 783. The number of aromatic nitrogens is 1. The lowest BCUT2D eigenvalue weighted by molar-refractivity contribution is -0.138. The number of halogens is 3. The summed E-state index contributed by atoms with van der Waals surface area (Å²) in [7, 11) is 0. The van der Waals surface area contributed by atoms with Gasteiger partial charge in [-0.1, -0.05) is 18.7 Å². The fourth-order valence-electron chi connectivity index (χ4n) is 1.96. The van der Waals surface area contributed by atoms with Crippen LogP contribution in [0.4, 0.5) is 13.2 Å². The third kappa shape index (κ3) is 4.76. The highest BCUT2D eigenvalue weighted by Gasteiger charge is 2.36. The van der Waals surface area contributed by atoms with Gasteiger partial charge in [-0.25, -0.2) is 4.98 Å². The Kier molecular flexibility index (Phi) is 6.09. The maximum Gasteiger partial charge on any atom is 0.417 e. The van der Waals surface area contributed by atoms with Gasteiger partial charge >= 0.3 is 6.18 Å². The number of hydrogen-bond acceptors (Lipinski definition) is 5. The summed E-state index contributed by atoms with van der Waals surface area (Å²) in [6.45, 7) is 2.35. The van der Waals surface area contributed by atoms with Crippen LogP contribution in [-0.4, -0.2) is 23.2 Å². The summed E-state index contributed by atoms with van der Waals surface area (Å²) in [5, 5.41) is 11.6. The van der Waals surface area contributed by atoms with Gasteiger partial charge in [-0.05, 0) is 24.6 Å². The molecule has 2 aromatic heterocycles. The van der Waals surface area contributed by atoms with Crippen molar-refractivity contribution in [1.82, 2.24) is 10.3 Å². The molecule has 0 saturated carbocycles. The van der Waals surface area contributed by atoms with Gasteiger partial charge in [-0.2, -0.15) is 18.4 Å². The molecule has 9 heteroatoms. The Labute approximate surface area is 146 Å². The molecule has 1 amide bonds. The number of nitrogens with one attached hydrogen (secondary N) is 1. The summed E-state index contributed by atoms with van der Waals surface area (Å²) >= 11 is 0.785. The van der Waals surface area contributed by atoms with Crippen LogP contribution in [0.25, 0.3) is 11.5 Å². The van der Waals surface area contributed by atoms with Gasteiger partial charge in [0.25, 0.3) is 0 Å². The van der Waals surface area contributed by atoms with Crippen molar-refractivity contribution >= 4 is 17.7 Å². The van der Waals surface area contributed by atoms with Crippen LogP contribution in [0.5, 0.6) is 0 Å². The summed E-state index contributed by atoms with van der Waals surface area (Å²) < 4.78 is 45.0. The number of rotatable bonds is 6. The molecule has 0 spiro atoms. The number of carbonyl (C=O) groups excluding carboxylic acids is 1. The molecule has 0 aliphatic carbocycles. The average molecular weight is 369 g/mol. The SMILES string of the molecule is CCCNC(=O)CSc1nc(-c2ccco2)cc(C(F)(F)F)c1C#N. The minimum Gasteiger partial charge on any atom is -0.463 e. The van der Waals surface area contributed by atoms with Crippen LogP contribution in [-0.2, 0) is 11.0 Å². The van der Waals surface area contributed by atoms with Crippen molar-refractivity contribution in [1.29, 1.82) is 5.26 Å². The van der Waals surface area contributed by atoms with Crippen LogP contribution in [0.15, 0.2) is 33.9 Å². The Morgan fingerprint density at radius 2 is 2.24 bits per heavy atom. The van der Waals surface area contributed by atoms with E-state index in [1.54, 1.807) is 6.07 Å². The minimum absolute atomic E-state index is 0.0483. The average Bonchev–Trinajstić information content (AvgIpc) is 3.10. The van der Waals surface area contributed by atoms with Gasteiger partial charge in [0.15, 0.2) is 5.76 Å². The van der Waals surface area contributed by atoms with Gasteiger partial charge in [0, 0.05) is 6.54 Å². The van der Waals surface area contributed by atoms with E-state index >= 15 is 0 Å². The quantitative estimate of drug-likeness (QED) is 0.783. The van der Waals surface area contributed by atoms with Crippen LogP contribution >= 0.6 is 11.8 Å². The third-order valence-electron chi connectivity index (χ3n) is 3.09. The molecule has 5 nitrogen and oxygen atoms in total. The molecule has 25 heavy (non-hydrogen) atoms. The fraction of sp³-hybridized carbons (Fsp3) is 0.312. The summed E-state index contributed by atoms with van der Waals surface area (Å²) in [6, 6.07) is 5.31. The predicted molar refractivity (Wildman–Crippen MR) is 85.7 cm³/mol. The monoisotopic (exact) mass is 369 g/mol. The molecule has 2 rings (SSSR count). The molecule has 132 valence electrons. The molecule has 0 saturated heterocycles. The molecule has 0 unspecified atom stereocenters. The van der Waals surface area contributed by atoms with Crippen molar-refractivity contribution in [2.24, 2.45) is 0 Å². The second kappa shape index (κ2) is 8.07. The summed E-state index contributed by atoms with van der Waals surface area (Å²) in [5.41, 5.74) is -1.75. The van der Waals surface area contributed by atoms with Crippen LogP contribution in [0, 0.1) is 11.3 Å². The Balaban J connectivity index is 2.41. The highest BCUT2D eigenvalue weighted by Crippen LogP contribution is 2.37. The highest BCUT2D eigenvalue weighted by molar-refractivity contribution is 8.00. The zero-order valence-electron chi connectivity index (χ0n) is 13.2. The van der Waals surface area contributed by atoms with E-state index in [1.165, 1.54) is 18.4 Å². The maximum absolute atomic E-state index is 13.3. The van der Waals surface area contributed by atoms with Gasteiger partial charge in [0.2, 0.25) is 5.91 Å². The molecule has 0 radical (unpaired) electrons. The number of nitriles is 1. The number of thioether (sulfide) groups is 1. The highest BCUT2D eigenvalue weighted by atomic mass is 32.2. The maximum atomic E-state index is 13.3. The molecule has 2 heterocycles. The van der Waals surface area contributed by atoms with Crippen LogP contribution in [0.1, 0.15) is 24.5 Å². The minimum atomic E-state index is -4.73.